The van der Waals surface area contributed by atoms with Gasteiger partial charge in [0.05, 0.1) is 19.8 Å². The molecular weight excluding hydrogens is 260 g/mol. The van der Waals surface area contributed by atoms with E-state index >= 15 is 0 Å². The van der Waals surface area contributed by atoms with Crippen molar-refractivity contribution in [2.45, 2.75) is 6.92 Å². The minimum atomic E-state index is -0.0169. The van der Waals surface area contributed by atoms with Gasteiger partial charge in [0.2, 0.25) is 11.2 Å². The molecule has 0 aliphatic carbocycles. The molecule has 18 heavy (non-hydrogen) atoms. The van der Waals surface area contributed by atoms with E-state index in [0.717, 1.165) is 0 Å². The summed E-state index contributed by atoms with van der Waals surface area (Å²) in [5.74, 6) is 0.365. The van der Waals surface area contributed by atoms with Gasteiger partial charge in [-0.15, -0.1) is 0 Å². The summed E-state index contributed by atoms with van der Waals surface area (Å²) in [6.07, 6.45) is 0. The third kappa shape index (κ3) is 4.59. The van der Waals surface area contributed by atoms with Gasteiger partial charge in [-0.25, -0.2) is 0 Å². The molecule has 0 aliphatic rings. The van der Waals surface area contributed by atoms with Gasteiger partial charge in [0.15, 0.2) is 0 Å². The fraction of sp³-hybridized carbons (Fsp3) is 0.700. The smallest absolute Gasteiger partial charge is 0.322 e. The molecule has 7 nitrogen and oxygen atoms in total. The zero-order chi connectivity index (χ0) is 13.4. The van der Waals surface area contributed by atoms with E-state index in [1.807, 2.05) is 6.92 Å². The van der Waals surface area contributed by atoms with Crippen LogP contribution in [0.4, 0.5) is 5.95 Å². The van der Waals surface area contributed by atoms with Crippen molar-refractivity contribution < 1.29 is 14.6 Å². The molecular formula is C10H17ClN4O3. The van der Waals surface area contributed by atoms with E-state index in [2.05, 4.69) is 15.0 Å². The maximum absolute atomic E-state index is 9.02. The molecule has 0 atom stereocenters. The highest BCUT2D eigenvalue weighted by molar-refractivity contribution is 6.28. The van der Waals surface area contributed by atoms with Crippen LogP contribution in [0.5, 0.6) is 6.01 Å². The highest BCUT2D eigenvalue weighted by Crippen LogP contribution is 2.14. The second-order valence-electron chi connectivity index (χ2n) is 3.32. The number of methoxy groups -OCH3 is 1. The first-order valence-electron chi connectivity index (χ1n) is 5.60. The van der Waals surface area contributed by atoms with E-state index in [1.54, 1.807) is 12.0 Å². The average molecular weight is 277 g/mol. The van der Waals surface area contributed by atoms with Crippen molar-refractivity contribution in [2.75, 3.05) is 44.9 Å². The molecule has 0 aliphatic heterocycles. The molecule has 0 saturated carbocycles. The molecule has 102 valence electrons. The average Bonchev–Trinajstić information content (AvgIpc) is 2.34. The highest BCUT2D eigenvalue weighted by Gasteiger charge is 2.13. The number of rotatable bonds is 8. The number of anilines is 1. The van der Waals surface area contributed by atoms with Gasteiger partial charge >= 0.3 is 6.01 Å². The van der Waals surface area contributed by atoms with E-state index in [-0.39, 0.29) is 17.9 Å². The van der Waals surface area contributed by atoms with Crippen LogP contribution in [0.25, 0.3) is 0 Å². The molecule has 0 fully saturated rings. The first-order chi connectivity index (χ1) is 8.71. The third-order valence-corrected chi connectivity index (χ3v) is 2.24. The van der Waals surface area contributed by atoms with Crippen LogP contribution in [0.3, 0.4) is 0 Å². The Balaban J connectivity index is 2.87. The molecule has 1 N–H and O–H groups in total. The van der Waals surface area contributed by atoms with Crippen molar-refractivity contribution in [3.63, 3.8) is 0 Å². The molecule has 0 saturated heterocycles. The monoisotopic (exact) mass is 276 g/mol. The second-order valence-corrected chi connectivity index (χ2v) is 3.66. The fourth-order valence-electron chi connectivity index (χ4n) is 1.29. The van der Waals surface area contributed by atoms with Crippen molar-refractivity contribution in [1.82, 2.24) is 15.0 Å². The zero-order valence-corrected chi connectivity index (χ0v) is 11.2. The highest BCUT2D eigenvalue weighted by atomic mass is 35.5. The van der Waals surface area contributed by atoms with Crippen LogP contribution in [-0.4, -0.2) is 60.1 Å². The Hall–Kier alpha value is -1.18. The van der Waals surface area contributed by atoms with Gasteiger partial charge in [0.1, 0.15) is 0 Å². The number of ether oxygens (including phenoxy) is 2. The van der Waals surface area contributed by atoms with Crippen molar-refractivity contribution >= 4 is 17.5 Å². The lowest BCUT2D eigenvalue weighted by atomic mass is 10.5. The molecule has 1 aromatic heterocycles. The number of nitrogens with zero attached hydrogens (tertiary/aromatic N) is 4. The Morgan fingerprint density at radius 3 is 2.67 bits per heavy atom. The van der Waals surface area contributed by atoms with Crippen LogP contribution < -0.4 is 9.64 Å². The summed E-state index contributed by atoms with van der Waals surface area (Å²) in [6.45, 7) is 3.67. The van der Waals surface area contributed by atoms with Gasteiger partial charge in [-0.2, -0.15) is 15.0 Å². The maximum Gasteiger partial charge on any atom is 0.322 e. The topological polar surface area (TPSA) is 80.6 Å². The molecule has 0 spiro atoms. The van der Waals surface area contributed by atoms with E-state index in [1.165, 1.54) is 0 Å². The molecule has 0 amide bonds. The third-order valence-electron chi connectivity index (χ3n) is 2.07. The van der Waals surface area contributed by atoms with E-state index < -0.39 is 0 Å². The molecule has 0 aromatic carbocycles. The predicted molar refractivity (Wildman–Crippen MR) is 67.2 cm³/mol. The quantitative estimate of drug-likeness (QED) is 0.734. The Morgan fingerprint density at radius 1 is 1.28 bits per heavy atom. The summed E-state index contributed by atoms with van der Waals surface area (Å²) in [5, 5.41) is 9.08. The zero-order valence-electron chi connectivity index (χ0n) is 10.5. The van der Waals surface area contributed by atoms with Crippen molar-refractivity contribution in [3.05, 3.63) is 5.28 Å². The van der Waals surface area contributed by atoms with Crippen LogP contribution in [-0.2, 0) is 4.74 Å². The van der Waals surface area contributed by atoms with Crippen LogP contribution in [0, 0.1) is 0 Å². The van der Waals surface area contributed by atoms with Gasteiger partial charge in [0.25, 0.3) is 0 Å². The Morgan fingerprint density at radius 2 is 2.06 bits per heavy atom. The number of aromatic nitrogens is 3. The van der Waals surface area contributed by atoms with Gasteiger partial charge in [0, 0.05) is 20.2 Å². The molecule has 1 rings (SSSR count). The van der Waals surface area contributed by atoms with E-state index in [0.29, 0.717) is 32.3 Å². The second kappa shape index (κ2) is 8.02. The molecule has 8 heteroatoms. The summed E-state index contributed by atoms with van der Waals surface area (Å²) in [7, 11) is 1.60. The summed E-state index contributed by atoms with van der Waals surface area (Å²) in [6, 6.07) is 0.174. The molecule has 1 heterocycles. The van der Waals surface area contributed by atoms with Crippen LogP contribution in [0.1, 0.15) is 6.92 Å². The molecule has 1 aromatic rings. The summed E-state index contributed by atoms with van der Waals surface area (Å²) >= 11 is 5.80. The number of hydrogen-bond donors (Lipinski definition) is 1. The summed E-state index contributed by atoms with van der Waals surface area (Å²) < 4.78 is 10.2. The minimum Gasteiger partial charge on any atom is -0.464 e. The van der Waals surface area contributed by atoms with Gasteiger partial charge < -0.3 is 19.5 Å². The SMILES string of the molecule is CCOc1nc(Cl)nc(N(CCO)CCOC)n1. The molecule has 0 unspecified atom stereocenters. The lowest BCUT2D eigenvalue weighted by Gasteiger charge is -2.21. The minimum absolute atomic E-state index is 0.0169. The first-order valence-corrected chi connectivity index (χ1v) is 5.98. The fourth-order valence-corrected chi connectivity index (χ4v) is 1.44. The number of aliphatic hydroxyl groups is 1. The summed E-state index contributed by atoms with van der Waals surface area (Å²) in [4.78, 5) is 13.7. The maximum atomic E-state index is 9.02. The normalized spacial score (nSPS) is 10.4. The van der Waals surface area contributed by atoms with Crippen LogP contribution in [0.2, 0.25) is 5.28 Å². The van der Waals surface area contributed by atoms with Crippen LogP contribution in [0.15, 0.2) is 0 Å². The Kier molecular flexibility index (Phi) is 6.63. The summed E-state index contributed by atoms with van der Waals surface area (Å²) in [5.41, 5.74) is 0. The van der Waals surface area contributed by atoms with Crippen molar-refractivity contribution in [1.29, 1.82) is 0 Å². The van der Waals surface area contributed by atoms with E-state index in [4.69, 9.17) is 26.2 Å². The number of halogens is 1. The number of hydrogen-bond acceptors (Lipinski definition) is 7. The molecule has 0 bridgehead atoms. The lowest BCUT2D eigenvalue weighted by Crippen LogP contribution is -2.32. The van der Waals surface area contributed by atoms with Crippen LogP contribution >= 0.6 is 11.6 Å². The lowest BCUT2D eigenvalue weighted by molar-refractivity contribution is 0.202. The van der Waals surface area contributed by atoms with Crippen molar-refractivity contribution in [3.8, 4) is 6.01 Å². The van der Waals surface area contributed by atoms with Gasteiger partial charge in [-0.05, 0) is 18.5 Å². The standard InChI is InChI=1S/C10H17ClN4O3/c1-3-18-10-13-8(11)12-9(14-10)15(4-6-16)5-7-17-2/h16H,3-7H2,1-2H3. The van der Waals surface area contributed by atoms with Gasteiger partial charge in [-0.1, -0.05) is 0 Å². The predicted octanol–water partition coefficient (Wildman–Crippen LogP) is 0.369. The Bertz CT molecular complexity index is 367. The largest absolute Gasteiger partial charge is 0.464 e. The van der Waals surface area contributed by atoms with Crippen molar-refractivity contribution in [2.24, 2.45) is 0 Å². The Labute approximate surface area is 111 Å². The first kappa shape index (κ1) is 14.9. The van der Waals surface area contributed by atoms with E-state index in [9.17, 15) is 0 Å². The number of aliphatic hydroxyl groups excluding tert-OH is 1. The molecule has 0 radical (unpaired) electrons. The van der Waals surface area contributed by atoms with Gasteiger partial charge in [-0.3, -0.25) is 0 Å².